The van der Waals surface area contributed by atoms with Crippen LogP contribution in [0.25, 0.3) is 11.1 Å². The fraction of sp³-hybridized carbons (Fsp3) is 0.355. The van der Waals surface area contributed by atoms with Crippen molar-refractivity contribution in [1.82, 2.24) is 0 Å². The van der Waals surface area contributed by atoms with Gasteiger partial charge in [-0.3, -0.25) is 0 Å². The van der Waals surface area contributed by atoms with Crippen LogP contribution in [-0.2, 0) is 0 Å². The van der Waals surface area contributed by atoms with Crippen LogP contribution in [0.3, 0.4) is 0 Å². The van der Waals surface area contributed by atoms with E-state index in [9.17, 15) is 19.1 Å². The largest absolute Gasteiger partial charge is 0.478 e. The third kappa shape index (κ3) is 6.71. The number of anilines is 3. The van der Waals surface area contributed by atoms with Gasteiger partial charge in [-0.15, -0.1) is 0 Å². The molecule has 4 rings (SSSR count). The van der Waals surface area contributed by atoms with E-state index in [2.05, 4.69) is 29.8 Å². The predicted octanol–water partition coefficient (Wildman–Crippen LogP) is 8.16. The summed E-state index contributed by atoms with van der Waals surface area (Å²) in [6.45, 7) is 6.37. The molecule has 6 nitrogen and oxygen atoms in total. The van der Waals surface area contributed by atoms with Crippen LogP contribution >= 0.6 is 0 Å². The summed E-state index contributed by atoms with van der Waals surface area (Å²) in [5.41, 5.74) is 3.71. The summed E-state index contributed by atoms with van der Waals surface area (Å²) < 4.78 is 14.1. The molecule has 1 atom stereocenters. The van der Waals surface area contributed by atoms with Crippen molar-refractivity contribution in [2.75, 3.05) is 16.0 Å². The molecule has 7 heteroatoms. The van der Waals surface area contributed by atoms with Gasteiger partial charge in [0.25, 0.3) is 0 Å². The third-order valence-corrected chi connectivity index (χ3v) is 7.30. The van der Waals surface area contributed by atoms with E-state index < -0.39 is 17.8 Å². The number of carbonyl (C=O) groups excluding carboxylic acids is 1. The Hall–Kier alpha value is -3.87. The smallest absolute Gasteiger partial charge is 0.336 e. The lowest BCUT2D eigenvalue weighted by molar-refractivity contribution is 0.0697. The summed E-state index contributed by atoms with van der Waals surface area (Å²) in [6.07, 6.45) is 6.03. The van der Waals surface area contributed by atoms with Crippen molar-refractivity contribution in [3.8, 4) is 11.1 Å². The number of nitrogens with one attached hydrogen (secondary N) is 3. The first kappa shape index (κ1) is 27.2. The minimum absolute atomic E-state index is 0.00979. The quantitative estimate of drug-likeness (QED) is 0.243. The summed E-state index contributed by atoms with van der Waals surface area (Å²) in [5.74, 6) is -0.782. The average molecular weight is 518 g/mol. The Morgan fingerprint density at radius 3 is 2.26 bits per heavy atom. The van der Waals surface area contributed by atoms with E-state index in [-0.39, 0.29) is 17.2 Å². The van der Waals surface area contributed by atoms with Crippen LogP contribution in [0.2, 0.25) is 0 Å². The maximum Gasteiger partial charge on any atom is 0.336 e. The van der Waals surface area contributed by atoms with Crippen LogP contribution in [-0.4, -0.2) is 23.1 Å². The Balaban J connectivity index is 1.69. The summed E-state index contributed by atoms with van der Waals surface area (Å²) in [5, 5.41) is 19.2. The van der Waals surface area contributed by atoms with E-state index >= 15 is 0 Å². The van der Waals surface area contributed by atoms with Gasteiger partial charge in [-0.25, -0.2) is 14.0 Å². The number of urea groups is 1. The number of carboxylic acid groups (broad SMARTS) is 1. The lowest BCUT2D eigenvalue weighted by atomic mass is 9.79. The monoisotopic (exact) mass is 517 g/mol. The Morgan fingerprint density at radius 1 is 0.895 bits per heavy atom. The van der Waals surface area contributed by atoms with E-state index in [1.165, 1.54) is 31.4 Å². The van der Waals surface area contributed by atoms with Crippen LogP contribution < -0.4 is 16.0 Å². The second-order valence-electron chi connectivity index (χ2n) is 10.5. The Labute approximate surface area is 223 Å². The lowest BCUT2D eigenvalue weighted by Crippen LogP contribution is -2.35. The van der Waals surface area contributed by atoms with Gasteiger partial charge in [0.05, 0.1) is 16.9 Å². The molecule has 1 aliphatic carbocycles. The highest BCUT2D eigenvalue weighted by atomic mass is 19.1. The predicted molar refractivity (Wildman–Crippen MR) is 151 cm³/mol. The molecule has 4 N–H and O–H groups in total. The molecule has 1 unspecified atom stereocenters. The van der Waals surface area contributed by atoms with Crippen molar-refractivity contribution in [3.63, 3.8) is 0 Å². The van der Waals surface area contributed by atoms with Gasteiger partial charge in [-0.2, -0.15) is 0 Å². The normalized spacial score (nSPS) is 14.7. The molecule has 0 saturated heterocycles. The number of carboxylic acids is 1. The molecule has 0 radical (unpaired) electrons. The molecule has 0 spiro atoms. The molecule has 3 aromatic carbocycles. The standard InChI is InChI=1S/C31H36FN3O3/c1-19(2)29(21-7-5-4-6-8-21)34-27-16-11-22(26-18-23(32)12-15-25(26)30(36)37)17-28(27)35-31(38)33-24-13-9-20(3)10-14-24/h9-19,21,29,34H,4-8H2,1-3H3,(H,36,37)(H2,33,35,38). The van der Waals surface area contributed by atoms with E-state index in [0.717, 1.165) is 30.2 Å². The van der Waals surface area contributed by atoms with Gasteiger partial charge in [0, 0.05) is 11.7 Å². The van der Waals surface area contributed by atoms with Crippen molar-refractivity contribution < 1.29 is 19.1 Å². The highest BCUT2D eigenvalue weighted by Crippen LogP contribution is 2.36. The highest BCUT2D eigenvalue weighted by Gasteiger charge is 2.27. The number of aromatic carboxylic acids is 1. The fourth-order valence-corrected chi connectivity index (χ4v) is 5.31. The maximum absolute atomic E-state index is 14.1. The zero-order valence-electron chi connectivity index (χ0n) is 22.2. The highest BCUT2D eigenvalue weighted by molar-refractivity contribution is 6.03. The minimum Gasteiger partial charge on any atom is -0.478 e. The Kier molecular flexibility index (Phi) is 8.66. The first-order valence-corrected chi connectivity index (χ1v) is 13.3. The summed E-state index contributed by atoms with van der Waals surface area (Å²) in [7, 11) is 0. The van der Waals surface area contributed by atoms with Crippen molar-refractivity contribution in [2.24, 2.45) is 11.8 Å². The van der Waals surface area contributed by atoms with E-state index in [0.29, 0.717) is 28.8 Å². The van der Waals surface area contributed by atoms with Crippen molar-refractivity contribution in [2.45, 2.75) is 58.9 Å². The van der Waals surface area contributed by atoms with Crippen molar-refractivity contribution in [1.29, 1.82) is 0 Å². The number of rotatable bonds is 8. The topological polar surface area (TPSA) is 90.5 Å². The average Bonchev–Trinajstić information content (AvgIpc) is 2.89. The van der Waals surface area contributed by atoms with E-state index in [1.54, 1.807) is 12.1 Å². The zero-order valence-corrected chi connectivity index (χ0v) is 22.2. The first-order chi connectivity index (χ1) is 18.2. The summed E-state index contributed by atoms with van der Waals surface area (Å²) >= 11 is 0. The number of halogens is 1. The molecule has 1 saturated carbocycles. The summed E-state index contributed by atoms with van der Waals surface area (Å²) in [4.78, 5) is 24.9. The molecule has 2 amide bonds. The van der Waals surface area contributed by atoms with Crippen LogP contribution in [0.1, 0.15) is 61.9 Å². The number of hydrogen-bond donors (Lipinski definition) is 4. The molecule has 0 aromatic heterocycles. The number of aryl methyl sites for hydroxylation is 1. The van der Waals surface area contributed by atoms with E-state index in [1.807, 2.05) is 37.3 Å². The zero-order chi connectivity index (χ0) is 27.2. The molecule has 1 fully saturated rings. The summed E-state index contributed by atoms with van der Waals surface area (Å²) in [6, 6.07) is 16.2. The molecule has 1 aliphatic rings. The van der Waals surface area contributed by atoms with Crippen LogP contribution in [0.4, 0.5) is 26.2 Å². The molecular weight excluding hydrogens is 481 g/mol. The van der Waals surface area contributed by atoms with Gasteiger partial charge in [0.2, 0.25) is 0 Å². The Bertz CT molecular complexity index is 1280. The molecule has 0 aliphatic heterocycles. The Morgan fingerprint density at radius 2 is 1.61 bits per heavy atom. The molecular formula is C31H36FN3O3. The molecule has 38 heavy (non-hydrogen) atoms. The van der Waals surface area contributed by atoms with Gasteiger partial charge in [-0.05, 0) is 85.2 Å². The van der Waals surface area contributed by atoms with Gasteiger partial charge in [0.15, 0.2) is 0 Å². The van der Waals surface area contributed by atoms with Gasteiger partial charge < -0.3 is 21.1 Å². The van der Waals surface area contributed by atoms with Gasteiger partial charge >= 0.3 is 12.0 Å². The van der Waals surface area contributed by atoms with E-state index in [4.69, 9.17) is 0 Å². The maximum atomic E-state index is 14.1. The third-order valence-electron chi connectivity index (χ3n) is 7.30. The van der Waals surface area contributed by atoms with Crippen LogP contribution in [0, 0.1) is 24.6 Å². The second kappa shape index (κ2) is 12.1. The van der Waals surface area contributed by atoms with Crippen molar-refractivity contribution in [3.05, 3.63) is 77.6 Å². The molecule has 0 heterocycles. The first-order valence-electron chi connectivity index (χ1n) is 13.3. The van der Waals surface area contributed by atoms with Gasteiger partial charge in [-0.1, -0.05) is 56.9 Å². The molecule has 200 valence electrons. The molecule has 3 aromatic rings. The SMILES string of the molecule is Cc1ccc(NC(=O)Nc2cc(-c3cc(F)ccc3C(=O)O)ccc2NC(C(C)C)C2CCCCC2)cc1. The van der Waals surface area contributed by atoms with Gasteiger partial charge in [0.1, 0.15) is 5.82 Å². The van der Waals surface area contributed by atoms with Crippen molar-refractivity contribution >= 4 is 29.1 Å². The minimum atomic E-state index is -1.15. The number of carbonyl (C=O) groups is 2. The van der Waals surface area contributed by atoms with Crippen LogP contribution in [0.5, 0.6) is 0 Å². The number of amides is 2. The number of hydrogen-bond acceptors (Lipinski definition) is 3. The van der Waals surface area contributed by atoms with Crippen LogP contribution in [0.15, 0.2) is 60.7 Å². The molecule has 0 bridgehead atoms. The fourth-order valence-electron chi connectivity index (χ4n) is 5.31. The second-order valence-corrected chi connectivity index (χ2v) is 10.5. The lowest BCUT2D eigenvalue weighted by Gasteiger charge is -2.35. The number of benzene rings is 3.